The van der Waals surface area contributed by atoms with E-state index in [-0.39, 0.29) is 5.41 Å². The Bertz CT molecular complexity index is 248. The Hall–Kier alpha value is -0.850. The molecule has 0 N–H and O–H groups in total. The van der Waals surface area contributed by atoms with Crippen LogP contribution in [0.3, 0.4) is 0 Å². The van der Waals surface area contributed by atoms with E-state index in [2.05, 4.69) is 44.1 Å². The van der Waals surface area contributed by atoms with Crippen LogP contribution in [0.4, 0.5) is 0 Å². The number of hydrogen-bond donors (Lipinski definition) is 0. The van der Waals surface area contributed by atoms with Crippen LogP contribution in [0.15, 0.2) is 28.9 Å². The van der Waals surface area contributed by atoms with Gasteiger partial charge in [-0.05, 0) is 18.4 Å². The molecule has 1 atom stereocenters. The minimum absolute atomic E-state index is 0.169. The van der Waals surface area contributed by atoms with Crippen LogP contribution in [0.2, 0.25) is 0 Å². The van der Waals surface area contributed by atoms with Gasteiger partial charge in [-0.2, -0.15) is 0 Å². The van der Waals surface area contributed by atoms with E-state index in [0.717, 1.165) is 6.42 Å². The first-order chi connectivity index (χ1) is 6.20. The van der Waals surface area contributed by atoms with Crippen LogP contribution in [-0.4, -0.2) is 6.21 Å². The van der Waals surface area contributed by atoms with Crippen molar-refractivity contribution in [2.24, 2.45) is 10.4 Å². The second-order valence-electron chi connectivity index (χ2n) is 3.92. The Morgan fingerprint density at radius 2 is 2.15 bits per heavy atom. The molecule has 0 spiro atoms. The molecule has 1 rings (SSSR count). The third kappa shape index (κ3) is 2.83. The summed E-state index contributed by atoms with van der Waals surface area (Å²) >= 11 is 0. The molecule has 0 aliphatic carbocycles. The summed E-state index contributed by atoms with van der Waals surface area (Å²) in [7, 11) is 0. The molecule has 1 heteroatoms. The predicted octanol–water partition coefficient (Wildman–Crippen LogP) is 3.73. The van der Waals surface area contributed by atoms with Crippen molar-refractivity contribution in [2.75, 3.05) is 0 Å². The van der Waals surface area contributed by atoms with E-state index in [1.54, 1.807) is 0 Å². The molecule has 1 aliphatic heterocycles. The lowest BCUT2D eigenvalue weighted by atomic mass is 9.86. The Morgan fingerprint density at radius 3 is 2.77 bits per heavy atom. The Morgan fingerprint density at radius 1 is 1.38 bits per heavy atom. The van der Waals surface area contributed by atoms with E-state index in [1.165, 1.54) is 18.4 Å². The van der Waals surface area contributed by atoms with Gasteiger partial charge in [0.15, 0.2) is 0 Å². The van der Waals surface area contributed by atoms with Crippen LogP contribution in [0.25, 0.3) is 0 Å². The monoisotopic (exact) mass is 177 g/mol. The smallest absolute Gasteiger partial charge is 0.0296 e. The lowest BCUT2D eigenvalue weighted by Gasteiger charge is -2.18. The zero-order chi connectivity index (χ0) is 9.73. The normalized spacial score (nSPS) is 27.2. The van der Waals surface area contributed by atoms with Gasteiger partial charge in [0.25, 0.3) is 0 Å². The van der Waals surface area contributed by atoms with Crippen molar-refractivity contribution >= 4 is 6.21 Å². The highest BCUT2D eigenvalue weighted by Crippen LogP contribution is 2.25. The summed E-state index contributed by atoms with van der Waals surface area (Å²) in [5.41, 5.74) is 1.48. The van der Waals surface area contributed by atoms with Gasteiger partial charge in [-0.1, -0.05) is 39.3 Å². The Kier molecular flexibility index (Phi) is 3.47. The molecule has 72 valence electrons. The van der Waals surface area contributed by atoms with Crippen molar-refractivity contribution in [1.29, 1.82) is 0 Å². The zero-order valence-corrected chi connectivity index (χ0v) is 8.88. The van der Waals surface area contributed by atoms with E-state index in [9.17, 15) is 0 Å². The highest BCUT2D eigenvalue weighted by molar-refractivity contribution is 5.69. The van der Waals surface area contributed by atoms with Gasteiger partial charge in [0, 0.05) is 17.8 Å². The quantitative estimate of drug-likeness (QED) is 0.623. The lowest BCUT2D eigenvalue weighted by Crippen LogP contribution is -2.13. The van der Waals surface area contributed by atoms with Gasteiger partial charge in [-0.3, -0.25) is 4.99 Å². The van der Waals surface area contributed by atoms with Crippen molar-refractivity contribution in [1.82, 2.24) is 0 Å². The average molecular weight is 177 g/mol. The van der Waals surface area contributed by atoms with Crippen LogP contribution in [-0.2, 0) is 0 Å². The maximum atomic E-state index is 4.35. The molecule has 13 heavy (non-hydrogen) atoms. The minimum Gasteiger partial charge on any atom is -0.268 e. The van der Waals surface area contributed by atoms with Gasteiger partial charge in [0.1, 0.15) is 0 Å². The number of allylic oxidation sites excluding steroid dienone is 3. The Balaban J connectivity index is 2.76. The van der Waals surface area contributed by atoms with Crippen molar-refractivity contribution in [2.45, 2.75) is 40.0 Å². The SMILES string of the molecule is CCCC1(C)C=CC(CC)=CN=C1. The summed E-state index contributed by atoms with van der Waals surface area (Å²) in [6, 6.07) is 0. The van der Waals surface area contributed by atoms with E-state index in [4.69, 9.17) is 0 Å². The Labute approximate surface area is 81.3 Å². The number of rotatable bonds is 3. The number of aliphatic imine (C=N–C) groups is 1. The van der Waals surface area contributed by atoms with E-state index >= 15 is 0 Å². The summed E-state index contributed by atoms with van der Waals surface area (Å²) in [5, 5.41) is 0. The van der Waals surface area contributed by atoms with Gasteiger partial charge >= 0.3 is 0 Å². The van der Waals surface area contributed by atoms with Crippen molar-refractivity contribution in [3.63, 3.8) is 0 Å². The fourth-order valence-electron chi connectivity index (χ4n) is 1.58. The molecule has 0 bridgehead atoms. The average Bonchev–Trinajstić information content (AvgIpc) is 2.28. The molecule has 1 nitrogen and oxygen atoms in total. The first kappa shape index (κ1) is 10.2. The van der Waals surface area contributed by atoms with Crippen LogP contribution >= 0.6 is 0 Å². The molecule has 1 aliphatic rings. The fraction of sp³-hybridized carbons (Fsp3) is 0.583. The van der Waals surface area contributed by atoms with Crippen molar-refractivity contribution in [3.05, 3.63) is 23.9 Å². The van der Waals surface area contributed by atoms with Gasteiger partial charge in [-0.15, -0.1) is 0 Å². The van der Waals surface area contributed by atoms with Gasteiger partial charge in [-0.25, -0.2) is 0 Å². The fourth-order valence-corrected chi connectivity index (χ4v) is 1.58. The molecule has 0 saturated carbocycles. The van der Waals surface area contributed by atoms with Crippen LogP contribution in [0, 0.1) is 5.41 Å². The van der Waals surface area contributed by atoms with E-state index < -0.39 is 0 Å². The molecule has 1 heterocycles. The largest absolute Gasteiger partial charge is 0.268 e. The maximum absolute atomic E-state index is 4.35. The molecular formula is C12H19N. The van der Waals surface area contributed by atoms with Gasteiger partial charge in [0.2, 0.25) is 0 Å². The standard InChI is InChI=1S/C12H19N/c1-4-7-12(3)8-6-11(5-2)9-13-10-12/h6,8-10H,4-5,7H2,1-3H3. The van der Waals surface area contributed by atoms with E-state index in [0.29, 0.717) is 0 Å². The van der Waals surface area contributed by atoms with Crippen LogP contribution in [0.1, 0.15) is 40.0 Å². The molecule has 0 radical (unpaired) electrons. The third-order valence-electron chi connectivity index (χ3n) is 2.48. The molecule has 0 fully saturated rings. The summed E-state index contributed by atoms with van der Waals surface area (Å²) < 4.78 is 0. The topological polar surface area (TPSA) is 12.4 Å². The first-order valence-electron chi connectivity index (χ1n) is 5.13. The molecule has 0 saturated heterocycles. The number of hydrogen-bond acceptors (Lipinski definition) is 1. The third-order valence-corrected chi connectivity index (χ3v) is 2.48. The van der Waals surface area contributed by atoms with Crippen molar-refractivity contribution in [3.8, 4) is 0 Å². The number of nitrogens with zero attached hydrogens (tertiary/aromatic N) is 1. The summed E-state index contributed by atoms with van der Waals surface area (Å²) in [6.45, 7) is 6.61. The van der Waals surface area contributed by atoms with Crippen molar-refractivity contribution < 1.29 is 0 Å². The van der Waals surface area contributed by atoms with Crippen LogP contribution < -0.4 is 0 Å². The summed E-state index contributed by atoms with van der Waals surface area (Å²) in [4.78, 5) is 4.35. The van der Waals surface area contributed by atoms with E-state index in [1.807, 2.05) is 6.20 Å². The molecular weight excluding hydrogens is 158 g/mol. The van der Waals surface area contributed by atoms with Gasteiger partial charge < -0.3 is 0 Å². The predicted molar refractivity (Wildman–Crippen MR) is 59.0 cm³/mol. The maximum Gasteiger partial charge on any atom is 0.0296 e. The summed E-state index contributed by atoms with van der Waals surface area (Å²) in [5.74, 6) is 0. The van der Waals surface area contributed by atoms with Gasteiger partial charge in [0.05, 0.1) is 0 Å². The molecule has 0 amide bonds. The summed E-state index contributed by atoms with van der Waals surface area (Å²) in [6.07, 6.45) is 12.0. The second-order valence-corrected chi connectivity index (χ2v) is 3.92. The van der Waals surface area contributed by atoms with Crippen LogP contribution in [0.5, 0.6) is 0 Å². The molecule has 1 unspecified atom stereocenters. The highest BCUT2D eigenvalue weighted by Gasteiger charge is 2.17. The zero-order valence-electron chi connectivity index (χ0n) is 8.88. The molecule has 0 aromatic heterocycles. The lowest BCUT2D eigenvalue weighted by molar-refractivity contribution is 0.541. The molecule has 0 aromatic rings. The minimum atomic E-state index is 0.169. The second kappa shape index (κ2) is 4.40. The highest BCUT2D eigenvalue weighted by atomic mass is 14.7. The molecule has 0 aromatic carbocycles. The first-order valence-corrected chi connectivity index (χ1v) is 5.13.